The summed E-state index contributed by atoms with van der Waals surface area (Å²) in [5.41, 5.74) is 2.20. The Morgan fingerprint density at radius 3 is 2.31 bits per heavy atom. The SMILES string of the molecule is Cc1nn(C)c(Cl)c1CC(C)(CCl)C(C)C. The van der Waals surface area contributed by atoms with Gasteiger partial charge in [-0.1, -0.05) is 32.4 Å². The molecule has 16 heavy (non-hydrogen) atoms. The molecule has 0 aromatic carbocycles. The Morgan fingerprint density at radius 2 is 2.00 bits per heavy atom. The lowest BCUT2D eigenvalue weighted by atomic mass is 9.76. The fraction of sp³-hybridized carbons (Fsp3) is 0.750. The summed E-state index contributed by atoms with van der Waals surface area (Å²) in [6, 6.07) is 0. The van der Waals surface area contributed by atoms with Crippen LogP contribution in [0.2, 0.25) is 5.15 Å². The van der Waals surface area contributed by atoms with Gasteiger partial charge >= 0.3 is 0 Å². The summed E-state index contributed by atoms with van der Waals surface area (Å²) in [6.45, 7) is 8.59. The molecule has 1 atom stereocenters. The molecule has 2 nitrogen and oxygen atoms in total. The van der Waals surface area contributed by atoms with Crippen molar-refractivity contribution in [3.63, 3.8) is 0 Å². The van der Waals surface area contributed by atoms with E-state index in [4.69, 9.17) is 23.2 Å². The summed E-state index contributed by atoms with van der Waals surface area (Å²) in [5.74, 6) is 1.15. The summed E-state index contributed by atoms with van der Waals surface area (Å²) in [4.78, 5) is 0. The number of rotatable bonds is 4. The first-order valence-corrected chi connectivity index (χ1v) is 6.47. The maximum absolute atomic E-state index is 6.24. The number of hydrogen-bond acceptors (Lipinski definition) is 1. The van der Waals surface area contributed by atoms with Crippen molar-refractivity contribution in [1.29, 1.82) is 0 Å². The fourth-order valence-electron chi connectivity index (χ4n) is 1.68. The summed E-state index contributed by atoms with van der Waals surface area (Å²) >= 11 is 12.3. The molecular formula is C12H20Cl2N2. The van der Waals surface area contributed by atoms with Crippen LogP contribution in [0.3, 0.4) is 0 Å². The molecule has 0 aliphatic rings. The van der Waals surface area contributed by atoms with Crippen LogP contribution in [0.5, 0.6) is 0 Å². The lowest BCUT2D eigenvalue weighted by molar-refractivity contribution is 0.253. The van der Waals surface area contributed by atoms with Gasteiger partial charge in [-0.3, -0.25) is 4.68 Å². The van der Waals surface area contributed by atoms with E-state index in [9.17, 15) is 0 Å². The minimum atomic E-state index is 0.0684. The Bertz CT molecular complexity index is 371. The van der Waals surface area contributed by atoms with Gasteiger partial charge in [0.15, 0.2) is 0 Å². The predicted octanol–water partition coefficient (Wildman–Crippen LogP) is 3.83. The van der Waals surface area contributed by atoms with Crippen molar-refractivity contribution in [2.75, 3.05) is 5.88 Å². The number of alkyl halides is 1. The largest absolute Gasteiger partial charge is 0.257 e. The van der Waals surface area contributed by atoms with E-state index >= 15 is 0 Å². The Balaban J connectivity index is 3.03. The molecule has 1 unspecified atom stereocenters. The smallest absolute Gasteiger partial charge is 0.130 e. The standard InChI is InChI=1S/C12H20Cl2N2/c1-8(2)12(4,7-13)6-10-9(3)15-16(5)11(10)14/h8H,6-7H2,1-5H3. The number of halogens is 2. The van der Waals surface area contributed by atoms with Crippen LogP contribution in [0.1, 0.15) is 32.0 Å². The van der Waals surface area contributed by atoms with Gasteiger partial charge in [0.25, 0.3) is 0 Å². The van der Waals surface area contributed by atoms with Crippen molar-refractivity contribution in [3.8, 4) is 0 Å². The van der Waals surface area contributed by atoms with E-state index in [0.29, 0.717) is 11.8 Å². The van der Waals surface area contributed by atoms with Crippen LogP contribution in [0.15, 0.2) is 0 Å². The molecule has 0 amide bonds. The maximum atomic E-state index is 6.24. The predicted molar refractivity (Wildman–Crippen MR) is 70.3 cm³/mol. The van der Waals surface area contributed by atoms with Crippen LogP contribution in [0.4, 0.5) is 0 Å². The highest BCUT2D eigenvalue weighted by Gasteiger charge is 2.30. The Morgan fingerprint density at radius 1 is 1.44 bits per heavy atom. The molecular weight excluding hydrogens is 243 g/mol. The zero-order chi connectivity index (χ0) is 12.5. The Hall–Kier alpha value is -0.210. The molecule has 1 aromatic heterocycles. The normalized spacial score (nSPS) is 15.5. The van der Waals surface area contributed by atoms with Crippen LogP contribution < -0.4 is 0 Å². The first-order valence-electron chi connectivity index (χ1n) is 5.55. The molecule has 0 N–H and O–H groups in total. The highest BCUT2D eigenvalue weighted by molar-refractivity contribution is 6.30. The molecule has 0 aliphatic heterocycles. The highest BCUT2D eigenvalue weighted by Crippen LogP contribution is 2.35. The van der Waals surface area contributed by atoms with Crippen LogP contribution in [0.25, 0.3) is 0 Å². The van der Waals surface area contributed by atoms with Crippen molar-refractivity contribution in [1.82, 2.24) is 9.78 Å². The lowest BCUT2D eigenvalue weighted by Gasteiger charge is -2.31. The van der Waals surface area contributed by atoms with Crippen molar-refractivity contribution in [2.45, 2.75) is 34.1 Å². The van der Waals surface area contributed by atoms with Crippen molar-refractivity contribution in [3.05, 3.63) is 16.4 Å². The lowest BCUT2D eigenvalue weighted by Crippen LogP contribution is -2.28. The van der Waals surface area contributed by atoms with E-state index in [2.05, 4.69) is 25.9 Å². The average molecular weight is 263 g/mol. The van der Waals surface area contributed by atoms with Gasteiger partial charge in [0.05, 0.1) is 5.69 Å². The van der Waals surface area contributed by atoms with Crippen molar-refractivity contribution >= 4 is 23.2 Å². The van der Waals surface area contributed by atoms with E-state index in [1.807, 2.05) is 14.0 Å². The summed E-state index contributed by atoms with van der Waals surface area (Å²) < 4.78 is 1.72. The topological polar surface area (TPSA) is 17.8 Å². The molecule has 92 valence electrons. The zero-order valence-electron chi connectivity index (χ0n) is 10.6. The first-order chi connectivity index (χ1) is 7.31. The quantitative estimate of drug-likeness (QED) is 0.755. The minimum absolute atomic E-state index is 0.0684. The van der Waals surface area contributed by atoms with E-state index in [-0.39, 0.29) is 5.41 Å². The first kappa shape index (κ1) is 13.9. The number of hydrogen-bond donors (Lipinski definition) is 0. The molecule has 1 rings (SSSR count). The second-order valence-electron chi connectivity index (χ2n) is 5.10. The summed E-state index contributed by atoms with van der Waals surface area (Å²) in [6.07, 6.45) is 0.882. The van der Waals surface area contributed by atoms with Crippen LogP contribution in [0, 0.1) is 18.3 Å². The van der Waals surface area contributed by atoms with Gasteiger partial charge < -0.3 is 0 Å². The van der Waals surface area contributed by atoms with E-state index in [0.717, 1.165) is 22.8 Å². The molecule has 0 radical (unpaired) electrons. The van der Waals surface area contributed by atoms with E-state index in [1.54, 1.807) is 4.68 Å². The molecule has 0 spiro atoms. The highest BCUT2D eigenvalue weighted by atomic mass is 35.5. The molecule has 1 aromatic rings. The van der Waals surface area contributed by atoms with Crippen LogP contribution in [-0.4, -0.2) is 15.7 Å². The second-order valence-corrected chi connectivity index (χ2v) is 5.72. The van der Waals surface area contributed by atoms with Crippen molar-refractivity contribution in [2.24, 2.45) is 18.4 Å². The summed E-state index contributed by atoms with van der Waals surface area (Å²) in [5, 5.41) is 5.06. The average Bonchev–Trinajstić information content (AvgIpc) is 2.44. The van der Waals surface area contributed by atoms with Gasteiger partial charge in [0, 0.05) is 18.5 Å². The molecule has 0 fully saturated rings. The third-order valence-electron chi connectivity index (χ3n) is 3.55. The maximum Gasteiger partial charge on any atom is 0.130 e. The second kappa shape index (κ2) is 4.97. The molecule has 4 heteroatoms. The monoisotopic (exact) mass is 262 g/mol. The number of nitrogens with zero attached hydrogens (tertiary/aromatic N) is 2. The third kappa shape index (κ3) is 2.54. The van der Waals surface area contributed by atoms with Gasteiger partial charge in [-0.25, -0.2) is 0 Å². The fourth-order valence-corrected chi connectivity index (χ4v) is 2.33. The van der Waals surface area contributed by atoms with Crippen molar-refractivity contribution < 1.29 is 0 Å². The Labute approximate surface area is 108 Å². The van der Waals surface area contributed by atoms with E-state index < -0.39 is 0 Å². The molecule has 1 heterocycles. The van der Waals surface area contributed by atoms with Gasteiger partial charge in [0.2, 0.25) is 0 Å². The Kier molecular flexibility index (Phi) is 4.30. The number of aryl methyl sites for hydroxylation is 2. The van der Waals surface area contributed by atoms with Gasteiger partial charge in [-0.2, -0.15) is 5.10 Å². The van der Waals surface area contributed by atoms with Gasteiger partial charge in [-0.05, 0) is 24.7 Å². The summed E-state index contributed by atoms with van der Waals surface area (Å²) in [7, 11) is 1.87. The van der Waals surface area contributed by atoms with Crippen LogP contribution >= 0.6 is 23.2 Å². The molecule has 0 aliphatic carbocycles. The van der Waals surface area contributed by atoms with Gasteiger partial charge in [0.1, 0.15) is 5.15 Å². The molecule has 0 bridgehead atoms. The third-order valence-corrected chi connectivity index (χ3v) is 4.63. The zero-order valence-corrected chi connectivity index (χ0v) is 12.2. The molecule has 0 saturated carbocycles. The van der Waals surface area contributed by atoms with Crippen LogP contribution in [-0.2, 0) is 13.5 Å². The number of aromatic nitrogens is 2. The van der Waals surface area contributed by atoms with Gasteiger partial charge in [-0.15, -0.1) is 11.6 Å². The minimum Gasteiger partial charge on any atom is -0.257 e. The molecule has 0 saturated heterocycles. The van der Waals surface area contributed by atoms with E-state index in [1.165, 1.54) is 0 Å².